The molecule has 4 aromatic rings. The minimum Gasteiger partial charge on any atom is -0.507 e. The molecule has 0 spiro atoms. The Labute approximate surface area is 228 Å². The molecule has 0 fully saturated rings. The number of hydrogen-bond donors (Lipinski definition) is 8. The number of para-hydroxylation sites is 2. The zero-order chi connectivity index (χ0) is 30.2. The number of primary amides is 2. The minimum atomic E-state index is -0.931. The molecule has 4 aromatic carbocycles. The molecular formula is C28H28N4O8. The van der Waals surface area contributed by atoms with Gasteiger partial charge in [-0.2, -0.15) is 0 Å². The second-order valence-corrected chi connectivity index (χ2v) is 7.62. The minimum absolute atomic E-state index is 0.0741. The van der Waals surface area contributed by atoms with Crippen molar-refractivity contribution < 1.29 is 39.6 Å². The summed E-state index contributed by atoms with van der Waals surface area (Å²) in [5.41, 5.74) is 22.5. The first-order chi connectivity index (χ1) is 18.8. The molecule has 0 radical (unpaired) electrons. The Morgan fingerprint density at radius 1 is 0.475 bits per heavy atom. The Kier molecular flexibility index (Phi) is 12.7. The molecule has 0 unspecified atom stereocenters. The molecule has 12 heteroatoms. The summed E-state index contributed by atoms with van der Waals surface area (Å²) in [6.45, 7) is 0. The van der Waals surface area contributed by atoms with Gasteiger partial charge in [-0.05, 0) is 72.8 Å². The largest absolute Gasteiger partial charge is 0.507 e. The first-order valence-electron chi connectivity index (χ1n) is 11.2. The lowest BCUT2D eigenvalue weighted by atomic mass is 10.2. The van der Waals surface area contributed by atoms with Crippen LogP contribution < -0.4 is 22.9 Å². The van der Waals surface area contributed by atoms with Gasteiger partial charge >= 0.3 is 11.9 Å². The maximum Gasteiger partial charge on any atom is 0.335 e. The third-order valence-electron chi connectivity index (χ3n) is 4.65. The summed E-state index contributed by atoms with van der Waals surface area (Å²) in [4.78, 5) is 41.5. The number of anilines is 2. The van der Waals surface area contributed by atoms with Crippen LogP contribution >= 0.6 is 0 Å². The molecule has 2 amide bonds. The van der Waals surface area contributed by atoms with E-state index in [0.29, 0.717) is 11.4 Å². The Balaban J connectivity index is 0.000000267. The van der Waals surface area contributed by atoms with Crippen LogP contribution in [0.3, 0.4) is 0 Å². The van der Waals surface area contributed by atoms with E-state index in [1.165, 1.54) is 48.5 Å². The number of carbonyl (C=O) groups is 4. The molecular weight excluding hydrogens is 520 g/mol. The number of carboxylic acid groups (broad SMARTS) is 2. The Hall–Kier alpha value is -6.04. The third kappa shape index (κ3) is 11.3. The number of carbonyl (C=O) groups excluding carboxylic acids is 2. The molecule has 208 valence electrons. The van der Waals surface area contributed by atoms with Gasteiger partial charge in [0.05, 0.1) is 22.3 Å². The second kappa shape index (κ2) is 15.9. The molecule has 0 bridgehead atoms. The average Bonchev–Trinajstić information content (AvgIpc) is 2.90. The lowest BCUT2D eigenvalue weighted by molar-refractivity contribution is 0.0686. The molecule has 4 rings (SSSR count). The Morgan fingerprint density at radius 2 is 0.750 bits per heavy atom. The highest BCUT2D eigenvalue weighted by atomic mass is 16.4. The number of phenols is 2. The van der Waals surface area contributed by atoms with Crippen LogP contribution in [0.25, 0.3) is 0 Å². The number of aromatic hydroxyl groups is 2. The van der Waals surface area contributed by atoms with E-state index in [-0.39, 0.29) is 33.8 Å². The quantitative estimate of drug-likeness (QED) is 0.173. The molecule has 0 saturated heterocycles. The van der Waals surface area contributed by atoms with Gasteiger partial charge in [-0.1, -0.05) is 24.3 Å². The molecule has 0 heterocycles. The highest BCUT2D eigenvalue weighted by Crippen LogP contribution is 2.14. The molecule has 0 aliphatic heterocycles. The zero-order valence-electron chi connectivity index (χ0n) is 21.0. The van der Waals surface area contributed by atoms with E-state index in [0.717, 1.165) is 0 Å². The number of carboxylic acids is 2. The van der Waals surface area contributed by atoms with Crippen LogP contribution in [0.15, 0.2) is 97.1 Å². The Bertz CT molecular complexity index is 1330. The van der Waals surface area contributed by atoms with E-state index >= 15 is 0 Å². The normalized spacial score (nSPS) is 9.20. The van der Waals surface area contributed by atoms with Crippen molar-refractivity contribution in [1.29, 1.82) is 0 Å². The molecule has 0 atom stereocenters. The van der Waals surface area contributed by atoms with Crippen molar-refractivity contribution in [3.05, 3.63) is 119 Å². The van der Waals surface area contributed by atoms with Crippen LogP contribution in [0, 0.1) is 0 Å². The first-order valence-corrected chi connectivity index (χ1v) is 11.2. The first kappa shape index (κ1) is 32.0. The summed E-state index contributed by atoms with van der Waals surface area (Å²) in [6, 6.07) is 24.4. The van der Waals surface area contributed by atoms with Gasteiger partial charge in [0.25, 0.3) is 11.8 Å². The zero-order valence-corrected chi connectivity index (χ0v) is 21.0. The standard InChI is InChI=1S/4C7H7NO2/c2*8-6-3-1-5(2-4-6)7(9)10;2*8-7(10)5-3-1-2-4-6(5)9/h2*1-4H,8H2,(H,9,10);2*1-4,9H,(H2,8,10). The van der Waals surface area contributed by atoms with Gasteiger partial charge in [-0.25, -0.2) is 9.59 Å². The van der Waals surface area contributed by atoms with Crippen LogP contribution in [0.2, 0.25) is 0 Å². The predicted octanol–water partition coefficient (Wildman–Crippen LogP) is 2.92. The fourth-order valence-corrected chi connectivity index (χ4v) is 2.62. The molecule has 0 aromatic heterocycles. The van der Waals surface area contributed by atoms with Crippen molar-refractivity contribution in [1.82, 2.24) is 0 Å². The molecule has 40 heavy (non-hydrogen) atoms. The number of nitrogens with two attached hydrogens (primary N) is 4. The second-order valence-electron chi connectivity index (χ2n) is 7.62. The SMILES string of the molecule is NC(=O)c1ccccc1O.NC(=O)c1ccccc1O.Nc1ccc(C(=O)O)cc1.Nc1ccc(C(=O)O)cc1. The van der Waals surface area contributed by atoms with Gasteiger partial charge in [0.2, 0.25) is 0 Å². The van der Waals surface area contributed by atoms with E-state index in [4.69, 9.17) is 43.4 Å². The average molecular weight is 549 g/mol. The molecule has 0 saturated carbocycles. The summed E-state index contributed by atoms with van der Waals surface area (Å²) in [7, 11) is 0. The topological polar surface area (TPSA) is 253 Å². The van der Waals surface area contributed by atoms with Crippen LogP contribution in [0.4, 0.5) is 11.4 Å². The number of benzene rings is 4. The molecule has 0 aliphatic rings. The summed E-state index contributed by atoms with van der Waals surface area (Å²) in [5, 5.41) is 34.8. The van der Waals surface area contributed by atoms with Crippen molar-refractivity contribution in [3.8, 4) is 11.5 Å². The van der Waals surface area contributed by atoms with Crippen LogP contribution in [-0.4, -0.2) is 44.2 Å². The van der Waals surface area contributed by atoms with Gasteiger partial charge in [0.1, 0.15) is 11.5 Å². The van der Waals surface area contributed by atoms with Crippen molar-refractivity contribution in [2.24, 2.45) is 11.5 Å². The number of hydrogen-bond acceptors (Lipinski definition) is 8. The smallest absolute Gasteiger partial charge is 0.335 e. The number of rotatable bonds is 4. The van der Waals surface area contributed by atoms with E-state index in [1.807, 2.05) is 0 Å². The summed E-state index contributed by atoms with van der Waals surface area (Å²) in [6.07, 6.45) is 0. The highest BCUT2D eigenvalue weighted by Gasteiger charge is 2.04. The lowest BCUT2D eigenvalue weighted by Crippen LogP contribution is -2.10. The van der Waals surface area contributed by atoms with Crippen LogP contribution in [0.1, 0.15) is 41.4 Å². The third-order valence-corrected chi connectivity index (χ3v) is 4.65. The maximum atomic E-state index is 10.5. The van der Waals surface area contributed by atoms with Gasteiger partial charge in [-0.15, -0.1) is 0 Å². The molecule has 0 aliphatic carbocycles. The predicted molar refractivity (Wildman–Crippen MR) is 149 cm³/mol. The van der Waals surface area contributed by atoms with Gasteiger partial charge in [0, 0.05) is 11.4 Å². The van der Waals surface area contributed by atoms with E-state index in [2.05, 4.69) is 0 Å². The van der Waals surface area contributed by atoms with Crippen LogP contribution in [0.5, 0.6) is 11.5 Å². The van der Waals surface area contributed by atoms with E-state index in [9.17, 15) is 19.2 Å². The highest BCUT2D eigenvalue weighted by molar-refractivity contribution is 5.95. The van der Waals surface area contributed by atoms with Crippen molar-refractivity contribution in [2.75, 3.05) is 11.5 Å². The van der Waals surface area contributed by atoms with Gasteiger partial charge in [-0.3, -0.25) is 9.59 Å². The monoisotopic (exact) mass is 548 g/mol. The fourth-order valence-electron chi connectivity index (χ4n) is 2.62. The van der Waals surface area contributed by atoms with Crippen molar-refractivity contribution in [2.45, 2.75) is 0 Å². The van der Waals surface area contributed by atoms with Gasteiger partial charge < -0.3 is 43.4 Å². The van der Waals surface area contributed by atoms with Gasteiger partial charge in [0.15, 0.2) is 0 Å². The van der Waals surface area contributed by atoms with Crippen molar-refractivity contribution in [3.63, 3.8) is 0 Å². The number of amides is 2. The maximum absolute atomic E-state index is 10.5. The fraction of sp³-hybridized carbons (Fsp3) is 0. The van der Waals surface area contributed by atoms with E-state index < -0.39 is 23.8 Å². The number of aromatic carboxylic acids is 2. The summed E-state index contributed by atoms with van der Waals surface area (Å²) >= 11 is 0. The summed E-state index contributed by atoms with van der Waals surface area (Å²) < 4.78 is 0. The number of nitrogen functional groups attached to an aromatic ring is 2. The molecule has 12 N–H and O–H groups in total. The van der Waals surface area contributed by atoms with Crippen LogP contribution in [-0.2, 0) is 0 Å². The Morgan fingerprint density at radius 3 is 0.950 bits per heavy atom. The summed E-state index contributed by atoms with van der Waals surface area (Å²) in [5.74, 6) is -3.23. The lowest BCUT2D eigenvalue weighted by Gasteiger charge is -1.96. The van der Waals surface area contributed by atoms with Crippen molar-refractivity contribution >= 4 is 35.1 Å². The molecule has 12 nitrogen and oxygen atoms in total. The van der Waals surface area contributed by atoms with E-state index in [1.54, 1.807) is 48.5 Å².